The van der Waals surface area contributed by atoms with Crippen molar-refractivity contribution in [2.45, 2.75) is 25.0 Å². The summed E-state index contributed by atoms with van der Waals surface area (Å²) in [7, 11) is 3.65. The summed E-state index contributed by atoms with van der Waals surface area (Å²) in [4.78, 5) is 0. The molecule has 1 aliphatic rings. The molecule has 0 bridgehead atoms. The van der Waals surface area contributed by atoms with Crippen LogP contribution in [0.1, 0.15) is 24.4 Å². The number of hydrogen-bond acceptors (Lipinski definition) is 4. The van der Waals surface area contributed by atoms with Gasteiger partial charge in [0.25, 0.3) is 0 Å². The summed E-state index contributed by atoms with van der Waals surface area (Å²) in [6.07, 6.45) is 2.30. The number of rotatable bonds is 6. The highest BCUT2D eigenvalue weighted by Gasteiger charge is 2.19. The normalized spacial score (nSPS) is 18.2. The summed E-state index contributed by atoms with van der Waals surface area (Å²) in [6, 6.07) is 8.21. The van der Waals surface area contributed by atoms with Gasteiger partial charge in [0.2, 0.25) is 0 Å². The minimum atomic E-state index is 0.152. The summed E-state index contributed by atoms with van der Waals surface area (Å²) in [5, 5.41) is 3.30. The fourth-order valence-electron chi connectivity index (χ4n) is 2.36. The molecule has 19 heavy (non-hydrogen) atoms. The number of likely N-dealkylation sites (N-methyl/N-ethyl adjacent to an activating group) is 1. The monoisotopic (exact) mass is 265 g/mol. The third-order valence-electron chi connectivity index (χ3n) is 3.53. The van der Waals surface area contributed by atoms with Crippen LogP contribution < -0.4 is 10.1 Å². The molecular formula is C15H23NO3. The third kappa shape index (κ3) is 3.93. The molecular weight excluding hydrogens is 242 g/mol. The number of methoxy groups -OCH3 is 1. The van der Waals surface area contributed by atoms with Crippen molar-refractivity contribution in [2.24, 2.45) is 0 Å². The van der Waals surface area contributed by atoms with Crippen molar-refractivity contribution in [3.05, 3.63) is 29.8 Å². The Morgan fingerprint density at radius 2 is 2.05 bits per heavy atom. The standard InChI is InChI=1S/C15H23NO3/c1-16-14(11-19-12-7-9-18-10-8-12)13-5-3-4-6-15(13)17-2/h3-6,12,14,16H,7-11H2,1-2H3. The van der Waals surface area contributed by atoms with Gasteiger partial charge in [0, 0.05) is 18.8 Å². The van der Waals surface area contributed by atoms with Crippen LogP contribution in [0.3, 0.4) is 0 Å². The lowest BCUT2D eigenvalue weighted by atomic mass is 10.1. The molecule has 2 rings (SSSR count). The van der Waals surface area contributed by atoms with E-state index in [0.29, 0.717) is 12.7 Å². The molecule has 106 valence electrons. The molecule has 1 atom stereocenters. The Kier molecular flexibility index (Phi) is 5.63. The lowest BCUT2D eigenvalue weighted by Gasteiger charge is -2.26. The van der Waals surface area contributed by atoms with Gasteiger partial charge in [-0.1, -0.05) is 18.2 Å². The highest BCUT2D eigenvalue weighted by molar-refractivity contribution is 5.35. The summed E-state index contributed by atoms with van der Waals surface area (Å²) in [5.74, 6) is 0.900. The molecule has 0 radical (unpaired) electrons. The van der Waals surface area contributed by atoms with Gasteiger partial charge in [0.15, 0.2) is 0 Å². The van der Waals surface area contributed by atoms with Crippen LogP contribution in [0, 0.1) is 0 Å². The molecule has 0 saturated carbocycles. The summed E-state index contributed by atoms with van der Waals surface area (Å²) >= 11 is 0. The first-order valence-electron chi connectivity index (χ1n) is 6.84. The van der Waals surface area contributed by atoms with Gasteiger partial charge in [-0.05, 0) is 26.0 Å². The molecule has 4 nitrogen and oxygen atoms in total. The second kappa shape index (κ2) is 7.48. The van der Waals surface area contributed by atoms with Crippen LogP contribution in [-0.2, 0) is 9.47 Å². The summed E-state index contributed by atoms with van der Waals surface area (Å²) in [6.45, 7) is 2.27. The first-order chi connectivity index (χ1) is 9.35. The fourth-order valence-corrected chi connectivity index (χ4v) is 2.36. The Labute approximate surface area is 115 Å². The van der Waals surface area contributed by atoms with E-state index in [2.05, 4.69) is 11.4 Å². The lowest BCUT2D eigenvalue weighted by Crippen LogP contribution is -2.29. The van der Waals surface area contributed by atoms with Gasteiger partial charge in [-0.2, -0.15) is 0 Å². The minimum Gasteiger partial charge on any atom is -0.496 e. The van der Waals surface area contributed by atoms with E-state index < -0.39 is 0 Å². The van der Waals surface area contributed by atoms with Crippen LogP contribution in [0.2, 0.25) is 0 Å². The van der Waals surface area contributed by atoms with Crippen molar-refractivity contribution in [1.82, 2.24) is 5.32 Å². The molecule has 1 N–H and O–H groups in total. The van der Waals surface area contributed by atoms with Gasteiger partial charge in [0.05, 0.1) is 25.9 Å². The summed E-state index contributed by atoms with van der Waals surface area (Å²) < 4.78 is 16.7. The average Bonchev–Trinajstić information content (AvgIpc) is 2.49. The molecule has 0 aliphatic carbocycles. The first kappa shape index (κ1) is 14.3. The van der Waals surface area contributed by atoms with Crippen molar-refractivity contribution >= 4 is 0 Å². The molecule has 1 aromatic rings. The van der Waals surface area contributed by atoms with E-state index in [9.17, 15) is 0 Å². The number of ether oxygens (including phenoxy) is 3. The van der Waals surface area contributed by atoms with Gasteiger partial charge < -0.3 is 19.5 Å². The van der Waals surface area contributed by atoms with Gasteiger partial charge in [0.1, 0.15) is 5.75 Å². The molecule has 0 amide bonds. The van der Waals surface area contributed by atoms with E-state index in [1.54, 1.807) is 7.11 Å². The number of para-hydroxylation sites is 1. The Bertz CT molecular complexity index is 377. The molecule has 0 aromatic heterocycles. The Morgan fingerprint density at radius 1 is 1.32 bits per heavy atom. The quantitative estimate of drug-likeness (QED) is 0.855. The van der Waals surface area contributed by atoms with E-state index in [1.807, 2.05) is 25.2 Å². The fraction of sp³-hybridized carbons (Fsp3) is 0.600. The van der Waals surface area contributed by atoms with Gasteiger partial charge in [-0.25, -0.2) is 0 Å². The molecule has 1 saturated heterocycles. The molecule has 1 aliphatic heterocycles. The average molecular weight is 265 g/mol. The van der Waals surface area contributed by atoms with Gasteiger partial charge >= 0.3 is 0 Å². The van der Waals surface area contributed by atoms with Crippen LogP contribution >= 0.6 is 0 Å². The van der Waals surface area contributed by atoms with Crippen molar-refractivity contribution in [3.8, 4) is 5.75 Å². The number of hydrogen-bond donors (Lipinski definition) is 1. The zero-order chi connectivity index (χ0) is 13.5. The third-order valence-corrected chi connectivity index (χ3v) is 3.53. The number of nitrogens with one attached hydrogen (secondary N) is 1. The highest BCUT2D eigenvalue weighted by atomic mass is 16.5. The highest BCUT2D eigenvalue weighted by Crippen LogP contribution is 2.25. The topological polar surface area (TPSA) is 39.7 Å². The van der Waals surface area contributed by atoms with Crippen molar-refractivity contribution < 1.29 is 14.2 Å². The largest absolute Gasteiger partial charge is 0.496 e. The van der Waals surface area contributed by atoms with E-state index in [4.69, 9.17) is 14.2 Å². The van der Waals surface area contributed by atoms with Crippen LogP contribution in [0.5, 0.6) is 5.75 Å². The molecule has 4 heteroatoms. The van der Waals surface area contributed by atoms with Crippen molar-refractivity contribution in [2.75, 3.05) is 34.0 Å². The predicted octanol–water partition coefficient (Wildman–Crippen LogP) is 2.15. The van der Waals surface area contributed by atoms with E-state index in [0.717, 1.165) is 37.4 Å². The van der Waals surface area contributed by atoms with E-state index in [-0.39, 0.29) is 6.04 Å². The second-order valence-corrected chi connectivity index (χ2v) is 4.73. The van der Waals surface area contributed by atoms with Crippen molar-refractivity contribution in [1.29, 1.82) is 0 Å². The summed E-state index contributed by atoms with van der Waals surface area (Å²) in [5.41, 5.74) is 1.14. The predicted molar refractivity (Wildman–Crippen MR) is 74.6 cm³/mol. The van der Waals surface area contributed by atoms with Crippen molar-refractivity contribution in [3.63, 3.8) is 0 Å². The molecule has 1 unspecified atom stereocenters. The van der Waals surface area contributed by atoms with Crippen LogP contribution in [0.15, 0.2) is 24.3 Å². The smallest absolute Gasteiger partial charge is 0.123 e. The Hall–Kier alpha value is -1.10. The van der Waals surface area contributed by atoms with E-state index in [1.165, 1.54) is 0 Å². The first-order valence-corrected chi connectivity index (χ1v) is 6.84. The molecule has 1 heterocycles. The maximum atomic E-state index is 5.99. The van der Waals surface area contributed by atoms with Crippen LogP contribution in [0.4, 0.5) is 0 Å². The number of benzene rings is 1. The Morgan fingerprint density at radius 3 is 2.74 bits per heavy atom. The molecule has 1 fully saturated rings. The zero-order valence-electron chi connectivity index (χ0n) is 11.7. The van der Waals surface area contributed by atoms with Crippen LogP contribution in [-0.4, -0.2) is 40.1 Å². The van der Waals surface area contributed by atoms with E-state index >= 15 is 0 Å². The second-order valence-electron chi connectivity index (χ2n) is 4.73. The SMILES string of the molecule is CNC(COC1CCOCC1)c1ccccc1OC. The maximum absolute atomic E-state index is 5.99. The maximum Gasteiger partial charge on any atom is 0.123 e. The zero-order valence-corrected chi connectivity index (χ0v) is 11.7. The Balaban J connectivity index is 1.95. The van der Waals surface area contributed by atoms with Crippen LogP contribution in [0.25, 0.3) is 0 Å². The van der Waals surface area contributed by atoms with Gasteiger partial charge in [-0.3, -0.25) is 0 Å². The molecule has 1 aromatic carbocycles. The minimum absolute atomic E-state index is 0.152. The van der Waals surface area contributed by atoms with Gasteiger partial charge in [-0.15, -0.1) is 0 Å². The molecule has 0 spiro atoms. The lowest BCUT2D eigenvalue weighted by molar-refractivity contribution is -0.0379.